The molecule has 1 N–H and O–H groups in total. The number of aromatic nitrogens is 1. The van der Waals surface area contributed by atoms with Crippen LogP contribution in [0.1, 0.15) is 5.69 Å². The molecule has 0 saturated heterocycles. The molecule has 3 aromatic rings. The molecule has 0 radical (unpaired) electrons. The van der Waals surface area contributed by atoms with Crippen LogP contribution in [0.3, 0.4) is 0 Å². The Hall–Kier alpha value is -3.23. The minimum atomic E-state index is -3.64. The number of pyridine rings is 1. The van der Waals surface area contributed by atoms with Crippen LogP contribution in [-0.4, -0.2) is 44.8 Å². The van der Waals surface area contributed by atoms with Crippen LogP contribution in [0.25, 0.3) is 17.0 Å². The summed E-state index contributed by atoms with van der Waals surface area (Å²) in [5, 5.41) is 3.67. The molecule has 1 aromatic heterocycles. The maximum absolute atomic E-state index is 12.4. The molecule has 1 heterocycles. The van der Waals surface area contributed by atoms with Crippen molar-refractivity contribution >= 4 is 38.6 Å². The van der Waals surface area contributed by atoms with E-state index in [1.165, 1.54) is 45.5 Å². The number of carbonyl (C=O) groups is 1. The predicted octanol–water partition coefficient (Wildman–Crippen LogP) is 3.15. The van der Waals surface area contributed by atoms with Gasteiger partial charge in [-0.25, -0.2) is 17.7 Å². The molecular formula is C21H21N3O4S. The molecule has 3 rings (SSSR count). The highest BCUT2D eigenvalue weighted by molar-refractivity contribution is 7.89. The third-order valence-electron chi connectivity index (χ3n) is 4.23. The molecule has 0 unspecified atom stereocenters. The van der Waals surface area contributed by atoms with Crippen molar-refractivity contribution in [1.29, 1.82) is 0 Å². The van der Waals surface area contributed by atoms with Gasteiger partial charge in [0.05, 0.1) is 28.9 Å². The van der Waals surface area contributed by atoms with E-state index < -0.39 is 15.9 Å². The normalized spacial score (nSPS) is 11.9. The summed E-state index contributed by atoms with van der Waals surface area (Å²) < 4.78 is 31.0. The van der Waals surface area contributed by atoms with Gasteiger partial charge in [0.25, 0.3) is 0 Å². The number of fused-ring (bicyclic) bond motifs is 1. The number of benzene rings is 2. The first kappa shape index (κ1) is 20.5. The number of methoxy groups -OCH3 is 1. The van der Waals surface area contributed by atoms with Gasteiger partial charge in [-0.1, -0.05) is 24.3 Å². The van der Waals surface area contributed by atoms with Crippen molar-refractivity contribution in [2.24, 2.45) is 0 Å². The highest BCUT2D eigenvalue weighted by Gasteiger charge is 2.19. The van der Waals surface area contributed by atoms with Gasteiger partial charge in [-0.05, 0) is 36.4 Å². The lowest BCUT2D eigenvalue weighted by Gasteiger charge is -2.14. The van der Waals surface area contributed by atoms with E-state index in [-0.39, 0.29) is 10.6 Å². The average molecular weight is 411 g/mol. The van der Waals surface area contributed by atoms with Crippen LogP contribution < -0.4 is 10.1 Å². The SMILES string of the molecule is COc1ccc(S(=O)(=O)N(C)C)cc1NC(=O)/C=C/c1ccc2ccccc2n1. The predicted molar refractivity (Wildman–Crippen MR) is 113 cm³/mol. The van der Waals surface area contributed by atoms with E-state index in [9.17, 15) is 13.2 Å². The van der Waals surface area contributed by atoms with Crippen molar-refractivity contribution in [3.8, 4) is 5.75 Å². The molecule has 7 nitrogen and oxygen atoms in total. The second kappa shape index (κ2) is 8.42. The van der Waals surface area contributed by atoms with Gasteiger partial charge in [-0.15, -0.1) is 0 Å². The Balaban J connectivity index is 1.82. The number of nitrogens with one attached hydrogen (secondary N) is 1. The number of nitrogens with zero attached hydrogens (tertiary/aromatic N) is 2. The van der Waals surface area contributed by atoms with Gasteiger partial charge < -0.3 is 10.1 Å². The number of rotatable bonds is 6. The Bertz CT molecular complexity index is 1190. The van der Waals surface area contributed by atoms with Gasteiger partial charge in [0.15, 0.2) is 0 Å². The van der Waals surface area contributed by atoms with Crippen LogP contribution in [0.5, 0.6) is 5.75 Å². The van der Waals surface area contributed by atoms with Gasteiger partial charge in [-0.3, -0.25) is 4.79 Å². The Morgan fingerprint density at radius 1 is 1.10 bits per heavy atom. The third-order valence-corrected chi connectivity index (χ3v) is 6.04. The van der Waals surface area contributed by atoms with Crippen LogP contribution in [0.15, 0.2) is 65.6 Å². The summed E-state index contributed by atoms with van der Waals surface area (Å²) in [6.07, 6.45) is 2.93. The number of sulfonamides is 1. The largest absolute Gasteiger partial charge is 0.495 e. The number of amides is 1. The standard InChI is InChI=1S/C21H21N3O4S/c1-24(2)29(26,27)17-11-12-20(28-3)19(14-17)23-21(25)13-10-16-9-8-15-6-4-5-7-18(15)22-16/h4-14H,1-3H3,(H,23,25)/b13-10+. The zero-order valence-electron chi connectivity index (χ0n) is 16.3. The topological polar surface area (TPSA) is 88.6 Å². The molecule has 150 valence electrons. The van der Waals surface area contributed by atoms with Crippen molar-refractivity contribution in [3.63, 3.8) is 0 Å². The lowest BCUT2D eigenvalue weighted by molar-refractivity contribution is -0.111. The monoisotopic (exact) mass is 411 g/mol. The van der Waals surface area contributed by atoms with Crippen LogP contribution in [0, 0.1) is 0 Å². The fourth-order valence-electron chi connectivity index (χ4n) is 2.67. The first-order chi connectivity index (χ1) is 13.8. The van der Waals surface area contributed by atoms with E-state index >= 15 is 0 Å². The van der Waals surface area contributed by atoms with Crippen molar-refractivity contribution in [2.45, 2.75) is 4.90 Å². The summed E-state index contributed by atoms with van der Waals surface area (Å²) >= 11 is 0. The minimum absolute atomic E-state index is 0.0544. The van der Waals surface area contributed by atoms with Crippen molar-refractivity contribution in [1.82, 2.24) is 9.29 Å². The lowest BCUT2D eigenvalue weighted by Crippen LogP contribution is -2.22. The summed E-state index contributed by atoms with van der Waals surface area (Å²) in [6, 6.07) is 15.7. The van der Waals surface area contributed by atoms with E-state index in [1.807, 2.05) is 36.4 Å². The quantitative estimate of drug-likeness (QED) is 0.630. The number of ether oxygens (including phenoxy) is 1. The van der Waals surface area contributed by atoms with Gasteiger partial charge in [-0.2, -0.15) is 0 Å². The van der Waals surface area contributed by atoms with E-state index in [2.05, 4.69) is 10.3 Å². The maximum atomic E-state index is 12.4. The molecule has 2 aromatic carbocycles. The summed E-state index contributed by atoms with van der Waals surface area (Å²) in [7, 11) is 0.690. The Morgan fingerprint density at radius 2 is 1.86 bits per heavy atom. The van der Waals surface area contributed by atoms with Crippen LogP contribution in [-0.2, 0) is 14.8 Å². The molecule has 0 spiro atoms. The smallest absolute Gasteiger partial charge is 0.248 e. The zero-order chi connectivity index (χ0) is 21.0. The third kappa shape index (κ3) is 4.61. The molecule has 0 saturated carbocycles. The van der Waals surface area contributed by atoms with Gasteiger partial charge in [0.1, 0.15) is 5.75 Å². The van der Waals surface area contributed by atoms with Gasteiger partial charge >= 0.3 is 0 Å². The minimum Gasteiger partial charge on any atom is -0.495 e. The Labute approximate surface area is 169 Å². The highest BCUT2D eigenvalue weighted by Crippen LogP contribution is 2.28. The van der Waals surface area contributed by atoms with E-state index in [0.717, 1.165) is 15.2 Å². The Kier molecular flexibility index (Phi) is 5.95. The zero-order valence-corrected chi connectivity index (χ0v) is 17.1. The van der Waals surface area contributed by atoms with Crippen LogP contribution >= 0.6 is 0 Å². The van der Waals surface area contributed by atoms with E-state index in [0.29, 0.717) is 11.4 Å². The van der Waals surface area contributed by atoms with Crippen LogP contribution in [0.2, 0.25) is 0 Å². The molecule has 0 aliphatic heterocycles. The molecule has 0 fully saturated rings. The fraction of sp³-hybridized carbons (Fsp3) is 0.143. The highest BCUT2D eigenvalue weighted by atomic mass is 32.2. The summed E-state index contributed by atoms with van der Waals surface area (Å²) in [4.78, 5) is 16.9. The number of carbonyl (C=O) groups excluding carboxylic acids is 1. The molecule has 1 amide bonds. The number of para-hydroxylation sites is 1. The van der Waals surface area contributed by atoms with Crippen molar-refractivity contribution < 1.29 is 17.9 Å². The van der Waals surface area contributed by atoms with Crippen LogP contribution in [0.4, 0.5) is 5.69 Å². The molecule has 0 bridgehead atoms. The van der Waals surface area contributed by atoms with E-state index in [4.69, 9.17) is 4.74 Å². The summed E-state index contributed by atoms with van der Waals surface area (Å²) in [5.41, 5.74) is 1.73. The molecule has 0 aliphatic rings. The second-order valence-corrected chi connectivity index (χ2v) is 8.55. The molecule has 8 heteroatoms. The maximum Gasteiger partial charge on any atom is 0.248 e. The molecule has 29 heavy (non-hydrogen) atoms. The number of hydrogen-bond donors (Lipinski definition) is 1. The second-order valence-electron chi connectivity index (χ2n) is 6.40. The van der Waals surface area contributed by atoms with Crippen molar-refractivity contribution in [3.05, 3.63) is 66.4 Å². The molecule has 0 atom stereocenters. The average Bonchev–Trinajstić information content (AvgIpc) is 2.72. The molecular weight excluding hydrogens is 390 g/mol. The first-order valence-corrected chi connectivity index (χ1v) is 10.2. The van der Waals surface area contributed by atoms with Crippen molar-refractivity contribution in [2.75, 3.05) is 26.5 Å². The summed E-state index contributed by atoms with van der Waals surface area (Å²) in [5.74, 6) is -0.0778. The number of anilines is 1. The first-order valence-electron chi connectivity index (χ1n) is 8.76. The lowest BCUT2D eigenvalue weighted by atomic mass is 10.2. The number of hydrogen-bond acceptors (Lipinski definition) is 5. The fourth-order valence-corrected chi connectivity index (χ4v) is 3.59. The van der Waals surface area contributed by atoms with Gasteiger partial charge in [0, 0.05) is 25.6 Å². The van der Waals surface area contributed by atoms with Gasteiger partial charge in [0.2, 0.25) is 15.9 Å². The van der Waals surface area contributed by atoms with E-state index in [1.54, 1.807) is 6.08 Å². The summed E-state index contributed by atoms with van der Waals surface area (Å²) in [6.45, 7) is 0. The molecule has 0 aliphatic carbocycles. The Morgan fingerprint density at radius 3 is 2.59 bits per heavy atom.